The van der Waals surface area contributed by atoms with Gasteiger partial charge in [0.05, 0.1) is 38.6 Å². The summed E-state index contributed by atoms with van der Waals surface area (Å²) in [4.78, 5) is 13.5. The minimum atomic E-state index is -1.98. The van der Waals surface area contributed by atoms with Gasteiger partial charge in [-0.25, -0.2) is 0 Å². The van der Waals surface area contributed by atoms with Crippen molar-refractivity contribution >= 4 is 5.91 Å². The van der Waals surface area contributed by atoms with Crippen LogP contribution in [-0.2, 0) is 33.2 Å². The van der Waals surface area contributed by atoms with E-state index in [1.54, 1.807) is 6.08 Å². The van der Waals surface area contributed by atoms with Crippen LogP contribution in [0, 0.1) is 0 Å². The van der Waals surface area contributed by atoms with Gasteiger partial charge in [-0.3, -0.25) is 4.79 Å². The van der Waals surface area contributed by atoms with Crippen molar-refractivity contribution in [3.05, 3.63) is 24.3 Å². The molecule has 0 spiro atoms. The molecule has 0 saturated carbocycles. The van der Waals surface area contributed by atoms with Crippen LogP contribution < -0.4 is 5.32 Å². The van der Waals surface area contributed by atoms with Crippen LogP contribution in [0.3, 0.4) is 0 Å². The predicted molar refractivity (Wildman–Crippen MR) is 416 cm³/mol. The minimum absolute atomic E-state index is 0.249. The Bertz CT molecular complexity index is 1970. The van der Waals surface area contributed by atoms with Crippen molar-refractivity contribution in [2.75, 3.05) is 26.4 Å². The Balaban J connectivity index is 1.30. The highest BCUT2D eigenvalue weighted by molar-refractivity contribution is 5.76. The van der Waals surface area contributed by atoms with E-state index in [4.69, 9.17) is 28.4 Å². The van der Waals surface area contributed by atoms with Crippen molar-refractivity contribution in [2.24, 2.45) is 0 Å². The van der Waals surface area contributed by atoms with Crippen LogP contribution in [-0.4, -0.2) is 193 Å². The molecule has 3 saturated heterocycles. The van der Waals surface area contributed by atoms with Gasteiger partial charge >= 0.3 is 0 Å². The van der Waals surface area contributed by atoms with Crippen molar-refractivity contribution in [1.82, 2.24) is 5.32 Å². The van der Waals surface area contributed by atoms with E-state index in [2.05, 4.69) is 31.3 Å². The average Bonchev–Trinajstić information content (AvgIpc) is 0.783. The van der Waals surface area contributed by atoms with Gasteiger partial charge in [0.15, 0.2) is 18.9 Å². The highest BCUT2D eigenvalue weighted by atomic mass is 16.8. The fourth-order valence-corrected chi connectivity index (χ4v) is 15.0. The largest absolute Gasteiger partial charge is 0.394 e. The van der Waals surface area contributed by atoms with Crippen LogP contribution in [0.4, 0.5) is 0 Å². The number of ether oxygens (including phenoxy) is 6. The van der Waals surface area contributed by atoms with E-state index in [1.807, 2.05) is 6.08 Å². The molecule has 3 fully saturated rings. The fourth-order valence-electron chi connectivity index (χ4n) is 15.0. The number of unbranched alkanes of at least 4 members (excludes halogenated alkanes) is 53. The van der Waals surface area contributed by atoms with Crippen molar-refractivity contribution < 1.29 is 89.4 Å². The number of hydrogen-bond acceptors (Lipinski definition) is 18. The molecule has 1 amide bonds. The summed E-state index contributed by atoms with van der Waals surface area (Å²) < 4.78 is 34.5. The number of rotatable bonds is 71. The zero-order valence-corrected chi connectivity index (χ0v) is 66.0. The smallest absolute Gasteiger partial charge is 0.220 e. The molecule has 0 aromatic heterocycles. The average molecular weight is 1490 g/mol. The molecule has 17 unspecified atom stereocenters. The van der Waals surface area contributed by atoms with Crippen LogP contribution >= 0.6 is 0 Å². The Kier molecular flexibility index (Phi) is 61.2. The number of allylic oxidation sites excluding steroid dienone is 3. The molecule has 0 bridgehead atoms. The molecule has 12 N–H and O–H groups in total. The Hall–Kier alpha value is -1.73. The summed E-state index contributed by atoms with van der Waals surface area (Å²) in [6, 6.07) is -0.971. The Morgan fingerprint density at radius 3 is 0.933 bits per heavy atom. The lowest BCUT2D eigenvalue weighted by Crippen LogP contribution is -2.66. The molecule has 19 nitrogen and oxygen atoms in total. The van der Waals surface area contributed by atoms with E-state index >= 15 is 0 Å². The second-order valence-electron chi connectivity index (χ2n) is 31.4. The van der Waals surface area contributed by atoms with Gasteiger partial charge < -0.3 is 89.9 Å². The summed E-state index contributed by atoms with van der Waals surface area (Å²) in [5.74, 6) is -0.267. The zero-order chi connectivity index (χ0) is 75.3. The Morgan fingerprint density at radius 1 is 0.337 bits per heavy atom. The third-order valence-electron chi connectivity index (χ3n) is 22.0. The number of amides is 1. The third kappa shape index (κ3) is 44.9. The van der Waals surface area contributed by atoms with E-state index in [9.17, 15) is 61.0 Å². The van der Waals surface area contributed by atoms with E-state index in [0.29, 0.717) is 6.42 Å². The summed E-state index contributed by atoms with van der Waals surface area (Å²) in [6.07, 6.45) is 54.8. The maximum atomic E-state index is 13.5. The number of nitrogens with one attached hydrogen (secondary N) is 1. The molecule has 3 aliphatic heterocycles. The molecule has 3 heterocycles. The standard InChI is InChI=1S/C85H161NO18/c1-3-5-7-9-11-13-15-17-19-21-23-25-26-27-28-29-30-31-32-33-34-35-36-37-38-39-40-41-42-43-45-47-49-51-53-55-57-59-61-63-73(91)86-68(69(90)62-60-58-56-54-52-50-48-46-44-24-22-20-18-16-14-12-10-8-6-4-2)67-99-83-79(97)76(94)81(71(65-88)101-83)104-85-80(98)77(95)82(72(66-89)102-85)103-84-78(96)75(93)74(92)70(64-87)100-84/h21,23,60,62,68-72,74-85,87-90,92-98H,3-20,22,24-59,61,63-67H2,1-2H3,(H,86,91)/b23-21-,62-60+. The Labute approximate surface area is 632 Å². The first-order valence-corrected chi connectivity index (χ1v) is 43.6. The molecule has 3 rings (SSSR count). The molecule has 0 aliphatic carbocycles. The fraction of sp³-hybridized carbons (Fsp3) is 0.941. The molecule has 17 atom stereocenters. The second kappa shape index (κ2) is 65.9. The molecule has 614 valence electrons. The van der Waals surface area contributed by atoms with Gasteiger partial charge in [-0.1, -0.05) is 353 Å². The van der Waals surface area contributed by atoms with E-state index in [1.165, 1.54) is 308 Å². The van der Waals surface area contributed by atoms with Crippen molar-refractivity contribution in [2.45, 2.75) is 484 Å². The number of carbonyl (C=O) groups is 1. The first-order chi connectivity index (χ1) is 50.8. The molecular weight excluding hydrogens is 1320 g/mol. The third-order valence-corrected chi connectivity index (χ3v) is 22.0. The molecule has 104 heavy (non-hydrogen) atoms. The van der Waals surface area contributed by atoms with Crippen LogP contribution in [0.1, 0.15) is 380 Å². The molecular formula is C85H161NO18. The number of aliphatic hydroxyl groups excluding tert-OH is 11. The van der Waals surface area contributed by atoms with Gasteiger partial charge in [0, 0.05) is 6.42 Å². The minimum Gasteiger partial charge on any atom is -0.394 e. The summed E-state index contributed by atoms with van der Waals surface area (Å²) in [6.45, 7) is 1.80. The summed E-state index contributed by atoms with van der Waals surface area (Å²) in [5, 5.41) is 121. The van der Waals surface area contributed by atoms with Gasteiger partial charge in [-0.15, -0.1) is 0 Å². The zero-order valence-electron chi connectivity index (χ0n) is 66.0. The molecule has 19 heteroatoms. The maximum Gasteiger partial charge on any atom is 0.220 e. The van der Waals surface area contributed by atoms with Crippen molar-refractivity contribution in [3.8, 4) is 0 Å². The highest BCUT2D eigenvalue weighted by Crippen LogP contribution is 2.34. The van der Waals surface area contributed by atoms with Crippen molar-refractivity contribution in [1.29, 1.82) is 0 Å². The summed E-state index contributed by atoms with van der Waals surface area (Å²) in [5.41, 5.74) is 0. The van der Waals surface area contributed by atoms with Crippen LogP contribution in [0.15, 0.2) is 24.3 Å². The molecule has 3 aliphatic rings. The number of aliphatic hydroxyl groups is 11. The molecule has 0 aromatic carbocycles. The number of carbonyl (C=O) groups excluding carboxylic acids is 1. The number of hydrogen-bond donors (Lipinski definition) is 12. The predicted octanol–water partition coefficient (Wildman–Crippen LogP) is 15.7. The molecule has 0 aromatic rings. The van der Waals surface area contributed by atoms with Gasteiger partial charge in [0.25, 0.3) is 0 Å². The lowest BCUT2D eigenvalue weighted by atomic mass is 9.96. The van der Waals surface area contributed by atoms with Crippen molar-refractivity contribution in [3.63, 3.8) is 0 Å². The normalized spacial score (nSPS) is 26.0. The van der Waals surface area contributed by atoms with Crippen LogP contribution in [0.2, 0.25) is 0 Å². The monoisotopic (exact) mass is 1480 g/mol. The highest BCUT2D eigenvalue weighted by Gasteiger charge is 2.54. The van der Waals surface area contributed by atoms with E-state index in [-0.39, 0.29) is 18.9 Å². The van der Waals surface area contributed by atoms with E-state index < -0.39 is 124 Å². The Morgan fingerprint density at radius 2 is 0.606 bits per heavy atom. The molecule has 0 radical (unpaired) electrons. The van der Waals surface area contributed by atoms with Gasteiger partial charge in [0.2, 0.25) is 5.91 Å². The van der Waals surface area contributed by atoms with Gasteiger partial charge in [-0.05, 0) is 44.9 Å². The second-order valence-corrected chi connectivity index (χ2v) is 31.4. The van der Waals surface area contributed by atoms with E-state index in [0.717, 1.165) is 44.9 Å². The lowest BCUT2D eigenvalue weighted by Gasteiger charge is -2.48. The van der Waals surface area contributed by atoms with Gasteiger partial charge in [0.1, 0.15) is 73.2 Å². The maximum absolute atomic E-state index is 13.5. The SMILES string of the molecule is CCCCCCCCCC/C=C\CCCCCCCCCCCCCCCCCCCCCCCCCCCCCC(=O)NC(COC1OC(CO)C(OC2OC(CO)C(OC3OC(CO)C(O)C(O)C3O)C(O)C2O)C(O)C1O)C(O)/C=C/CCCCCCCCCCCCCCCCCCCC. The lowest BCUT2D eigenvalue weighted by molar-refractivity contribution is -0.379. The quantitative estimate of drug-likeness (QED) is 0.0199. The topological polar surface area (TPSA) is 307 Å². The summed E-state index contributed by atoms with van der Waals surface area (Å²) in [7, 11) is 0. The van der Waals surface area contributed by atoms with Gasteiger partial charge in [-0.2, -0.15) is 0 Å². The summed E-state index contributed by atoms with van der Waals surface area (Å²) >= 11 is 0. The van der Waals surface area contributed by atoms with Crippen LogP contribution in [0.25, 0.3) is 0 Å². The first-order valence-electron chi connectivity index (χ1n) is 43.6. The first kappa shape index (κ1) is 96.5. The van der Waals surface area contributed by atoms with Crippen LogP contribution in [0.5, 0.6) is 0 Å².